The van der Waals surface area contributed by atoms with Gasteiger partial charge in [0.15, 0.2) is 0 Å². The van der Waals surface area contributed by atoms with E-state index in [1.807, 2.05) is 19.1 Å². The maximum absolute atomic E-state index is 10.6. The Balaban J connectivity index is 2.76. The number of hydrogen-bond acceptors (Lipinski definition) is 3. The van der Waals surface area contributed by atoms with E-state index in [-0.39, 0.29) is 9.92 Å². The number of thiophene rings is 1. The van der Waals surface area contributed by atoms with Gasteiger partial charge in [0, 0.05) is 19.7 Å². The van der Waals surface area contributed by atoms with Crippen LogP contribution in [-0.4, -0.2) is 4.92 Å². The second-order valence-electron chi connectivity index (χ2n) is 2.98. The number of halogens is 1. The first kappa shape index (κ1) is 9.85. The molecule has 2 rings (SSSR count). The third kappa shape index (κ3) is 1.61. The van der Waals surface area contributed by atoms with Gasteiger partial charge in [0.2, 0.25) is 0 Å². The van der Waals surface area contributed by atoms with Crippen LogP contribution in [0.25, 0.3) is 10.1 Å². The van der Waals surface area contributed by atoms with E-state index in [9.17, 15) is 10.1 Å². The van der Waals surface area contributed by atoms with E-state index >= 15 is 0 Å². The molecular weight excluding hydrogens is 313 g/mol. The number of fused-ring (bicyclic) bond motifs is 1. The first-order valence-corrected chi connectivity index (χ1v) is 5.81. The van der Waals surface area contributed by atoms with E-state index in [2.05, 4.69) is 22.6 Å². The molecule has 1 aromatic carbocycles. The number of rotatable bonds is 1. The normalized spacial score (nSPS) is 10.7. The van der Waals surface area contributed by atoms with Crippen LogP contribution in [-0.2, 0) is 0 Å². The monoisotopic (exact) mass is 319 g/mol. The third-order valence-electron chi connectivity index (χ3n) is 1.98. The lowest BCUT2D eigenvalue weighted by molar-refractivity contribution is -0.380. The highest BCUT2D eigenvalue weighted by atomic mass is 127. The maximum Gasteiger partial charge on any atom is 0.325 e. The largest absolute Gasteiger partial charge is 0.325 e. The molecule has 0 unspecified atom stereocenters. The summed E-state index contributed by atoms with van der Waals surface area (Å²) in [6, 6.07) is 5.64. The molecule has 0 bridgehead atoms. The summed E-state index contributed by atoms with van der Waals surface area (Å²) in [5.74, 6) is 0. The molecule has 0 fully saturated rings. The molecular formula is C9H6INO2S. The van der Waals surface area contributed by atoms with Crippen LogP contribution in [0.15, 0.2) is 18.2 Å². The average Bonchev–Trinajstić information content (AvgIpc) is 2.47. The maximum atomic E-state index is 10.6. The van der Waals surface area contributed by atoms with E-state index in [0.717, 1.165) is 19.2 Å². The molecule has 0 radical (unpaired) electrons. The molecule has 0 saturated carbocycles. The van der Waals surface area contributed by atoms with Crippen LogP contribution in [0.1, 0.15) is 5.56 Å². The molecule has 0 N–H and O–H groups in total. The van der Waals surface area contributed by atoms with E-state index in [4.69, 9.17) is 0 Å². The summed E-state index contributed by atoms with van der Waals surface area (Å²) in [6.45, 7) is 1.97. The fourth-order valence-corrected chi connectivity index (χ4v) is 3.33. The number of benzene rings is 1. The van der Waals surface area contributed by atoms with Gasteiger partial charge in [0.1, 0.15) is 0 Å². The summed E-state index contributed by atoms with van der Waals surface area (Å²) < 4.78 is 2.10. The van der Waals surface area contributed by atoms with Crippen LogP contribution >= 0.6 is 33.9 Å². The molecule has 1 aromatic heterocycles. The first-order valence-electron chi connectivity index (χ1n) is 3.92. The highest BCUT2D eigenvalue weighted by Crippen LogP contribution is 2.34. The fourth-order valence-electron chi connectivity index (χ4n) is 1.35. The quantitative estimate of drug-likeness (QED) is 0.457. The van der Waals surface area contributed by atoms with Crippen molar-refractivity contribution in [2.24, 2.45) is 0 Å². The van der Waals surface area contributed by atoms with Gasteiger partial charge >= 0.3 is 5.00 Å². The Labute approximate surface area is 98.0 Å². The standard InChI is InChI=1S/C9H6INO2S/c1-5-2-6(10)3-8-7(5)4-9(14-8)11(12)13/h2-4H,1H3. The minimum absolute atomic E-state index is 0.213. The van der Waals surface area contributed by atoms with Crippen molar-refractivity contribution in [1.82, 2.24) is 0 Å². The number of aryl methyl sites for hydroxylation is 1. The van der Waals surface area contributed by atoms with Crippen LogP contribution < -0.4 is 0 Å². The molecule has 72 valence electrons. The molecule has 0 amide bonds. The highest BCUT2D eigenvalue weighted by molar-refractivity contribution is 14.1. The molecule has 14 heavy (non-hydrogen) atoms. The van der Waals surface area contributed by atoms with Gasteiger partial charge in [-0.3, -0.25) is 10.1 Å². The van der Waals surface area contributed by atoms with Crippen molar-refractivity contribution in [3.63, 3.8) is 0 Å². The van der Waals surface area contributed by atoms with E-state index in [1.165, 1.54) is 11.3 Å². The molecule has 0 aliphatic heterocycles. The van der Waals surface area contributed by atoms with Crippen molar-refractivity contribution in [2.45, 2.75) is 6.92 Å². The lowest BCUT2D eigenvalue weighted by Crippen LogP contribution is -1.80. The predicted molar refractivity (Wildman–Crippen MR) is 65.9 cm³/mol. The van der Waals surface area contributed by atoms with Gasteiger partial charge in [-0.15, -0.1) is 0 Å². The summed E-state index contributed by atoms with van der Waals surface area (Å²) in [5.41, 5.74) is 1.09. The van der Waals surface area contributed by atoms with Crippen LogP contribution in [0.2, 0.25) is 0 Å². The topological polar surface area (TPSA) is 43.1 Å². The van der Waals surface area contributed by atoms with Crippen molar-refractivity contribution in [1.29, 1.82) is 0 Å². The summed E-state index contributed by atoms with van der Waals surface area (Å²) in [5, 5.41) is 11.8. The zero-order chi connectivity index (χ0) is 10.3. The lowest BCUT2D eigenvalue weighted by atomic mass is 10.1. The second-order valence-corrected chi connectivity index (χ2v) is 5.28. The summed E-state index contributed by atoms with van der Waals surface area (Å²) >= 11 is 3.45. The minimum Gasteiger partial charge on any atom is -0.258 e. The third-order valence-corrected chi connectivity index (χ3v) is 3.63. The summed E-state index contributed by atoms with van der Waals surface area (Å²) in [7, 11) is 0. The molecule has 0 aliphatic carbocycles. The zero-order valence-corrected chi connectivity index (χ0v) is 10.3. The molecule has 5 heteroatoms. The number of nitro groups is 1. The minimum atomic E-state index is -0.336. The first-order chi connectivity index (χ1) is 6.58. The summed E-state index contributed by atoms with van der Waals surface area (Å²) in [4.78, 5) is 10.2. The Morgan fingerprint density at radius 1 is 1.43 bits per heavy atom. The Morgan fingerprint density at radius 3 is 2.79 bits per heavy atom. The molecule has 0 spiro atoms. The van der Waals surface area contributed by atoms with Crippen molar-refractivity contribution in [3.05, 3.63) is 37.4 Å². The molecule has 0 aliphatic rings. The van der Waals surface area contributed by atoms with E-state index < -0.39 is 0 Å². The Kier molecular flexibility index (Phi) is 2.44. The van der Waals surface area contributed by atoms with Crippen molar-refractivity contribution in [3.8, 4) is 0 Å². The zero-order valence-electron chi connectivity index (χ0n) is 7.28. The van der Waals surface area contributed by atoms with Crippen LogP contribution in [0.3, 0.4) is 0 Å². The Morgan fingerprint density at radius 2 is 2.14 bits per heavy atom. The van der Waals surface area contributed by atoms with Gasteiger partial charge in [-0.25, -0.2) is 0 Å². The fraction of sp³-hybridized carbons (Fsp3) is 0.111. The van der Waals surface area contributed by atoms with Gasteiger partial charge in [0.25, 0.3) is 0 Å². The summed E-state index contributed by atoms with van der Waals surface area (Å²) in [6.07, 6.45) is 0. The molecule has 3 nitrogen and oxygen atoms in total. The van der Waals surface area contributed by atoms with Crippen LogP contribution in [0, 0.1) is 20.6 Å². The molecule has 0 saturated heterocycles. The smallest absolute Gasteiger partial charge is 0.258 e. The Hall–Kier alpha value is -0.690. The van der Waals surface area contributed by atoms with Gasteiger partial charge in [-0.2, -0.15) is 0 Å². The predicted octanol–water partition coefficient (Wildman–Crippen LogP) is 3.72. The van der Waals surface area contributed by atoms with Crippen LogP contribution in [0.4, 0.5) is 5.00 Å². The van der Waals surface area contributed by atoms with E-state index in [1.54, 1.807) is 6.07 Å². The SMILES string of the molecule is Cc1cc(I)cc2sc([N+](=O)[O-])cc12. The van der Waals surface area contributed by atoms with Gasteiger partial charge in [0.05, 0.1) is 4.92 Å². The van der Waals surface area contributed by atoms with Crippen molar-refractivity contribution < 1.29 is 4.92 Å². The van der Waals surface area contributed by atoms with Gasteiger partial charge in [-0.1, -0.05) is 11.3 Å². The van der Waals surface area contributed by atoms with Crippen LogP contribution in [0.5, 0.6) is 0 Å². The number of nitrogens with zero attached hydrogens (tertiary/aromatic N) is 1. The van der Waals surface area contributed by atoms with Crippen molar-refractivity contribution >= 4 is 49.0 Å². The number of hydrogen-bond donors (Lipinski definition) is 0. The highest BCUT2D eigenvalue weighted by Gasteiger charge is 2.12. The van der Waals surface area contributed by atoms with E-state index in [0.29, 0.717) is 0 Å². The van der Waals surface area contributed by atoms with Gasteiger partial charge in [-0.05, 0) is 47.2 Å². The van der Waals surface area contributed by atoms with Crippen molar-refractivity contribution in [2.75, 3.05) is 0 Å². The molecule has 1 heterocycles. The Bertz CT molecular complexity index is 521. The second kappa shape index (κ2) is 3.47. The lowest BCUT2D eigenvalue weighted by Gasteiger charge is -1.95. The van der Waals surface area contributed by atoms with Gasteiger partial charge < -0.3 is 0 Å². The molecule has 0 atom stereocenters. The average molecular weight is 319 g/mol. The molecule has 2 aromatic rings.